The third-order valence-corrected chi connectivity index (χ3v) is 8.28. The standard InChI is InChI=1S/C31H34N2O4.C2HF3O2/c1-23(32-29(34)25-11-5-2-6-12-25)21-33-19-17-24(18-20-33)28(22-33)37-30(35)31(36,26-13-7-3-8-14-26)27-15-9-4-10-16-27;3-2(4,5)1(6)7/h2-16,23-24,28,36H,17-22H2,1H3;(H,6,7)/t23?,24?,28-,33?;/m0./s1. The number of ether oxygens (including phenoxy) is 1. The summed E-state index contributed by atoms with van der Waals surface area (Å²) >= 11 is 0. The van der Waals surface area contributed by atoms with Crippen LogP contribution < -0.4 is 10.4 Å². The van der Waals surface area contributed by atoms with Crippen LogP contribution in [0.15, 0.2) is 91.0 Å². The average Bonchev–Trinajstić information content (AvgIpc) is 3.02. The molecule has 3 aromatic carbocycles. The largest absolute Gasteiger partial charge is 0.542 e. The molecule has 6 rings (SSSR count). The molecule has 1 unspecified atom stereocenters. The predicted octanol–water partition coefficient (Wildman–Crippen LogP) is 3.19. The number of amides is 1. The van der Waals surface area contributed by atoms with Gasteiger partial charge in [-0.1, -0.05) is 78.9 Å². The number of alkyl halides is 3. The van der Waals surface area contributed by atoms with Gasteiger partial charge in [0.1, 0.15) is 12.5 Å². The maximum absolute atomic E-state index is 13.7. The third kappa shape index (κ3) is 7.64. The second kappa shape index (κ2) is 13.6. The quantitative estimate of drug-likeness (QED) is 0.298. The number of carbonyl (C=O) groups is 3. The number of piperidine rings is 3. The number of halogens is 3. The Hall–Kier alpha value is -4.22. The highest BCUT2D eigenvalue weighted by Gasteiger charge is 2.51. The molecule has 1 amide bonds. The average molecular weight is 613 g/mol. The molecule has 8 nitrogen and oxygen atoms in total. The van der Waals surface area contributed by atoms with Crippen LogP contribution in [0.3, 0.4) is 0 Å². The molecule has 3 aromatic rings. The van der Waals surface area contributed by atoms with Crippen LogP contribution in [0.2, 0.25) is 0 Å². The van der Waals surface area contributed by atoms with Gasteiger partial charge in [-0.25, -0.2) is 4.79 Å². The van der Waals surface area contributed by atoms with Crippen LogP contribution in [-0.2, 0) is 19.9 Å². The van der Waals surface area contributed by atoms with Crippen molar-refractivity contribution in [3.63, 3.8) is 0 Å². The number of carbonyl (C=O) groups excluding carboxylic acids is 3. The first kappa shape index (κ1) is 32.7. The van der Waals surface area contributed by atoms with Crippen LogP contribution in [0.4, 0.5) is 13.2 Å². The highest BCUT2D eigenvalue weighted by Crippen LogP contribution is 2.38. The highest BCUT2D eigenvalue weighted by atomic mass is 19.4. The number of hydrogen-bond donors (Lipinski definition) is 2. The molecular weight excluding hydrogens is 577 g/mol. The monoisotopic (exact) mass is 612 g/mol. The Labute approximate surface area is 253 Å². The second-order valence-corrected chi connectivity index (χ2v) is 11.4. The number of quaternary nitrogens is 1. The van der Waals surface area contributed by atoms with Crippen LogP contribution in [-0.4, -0.2) is 71.9 Å². The molecule has 44 heavy (non-hydrogen) atoms. The Balaban J connectivity index is 0.000000566. The van der Waals surface area contributed by atoms with E-state index in [9.17, 15) is 27.9 Å². The summed E-state index contributed by atoms with van der Waals surface area (Å²) in [5.41, 5.74) is -0.238. The number of esters is 1. The molecule has 0 aliphatic carbocycles. The molecule has 0 saturated carbocycles. The minimum absolute atomic E-state index is 0.0238. The van der Waals surface area contributed by atoms with Crippen LogP contribution in [0.25, 0.3) is 0 Å². The van der Waals surface area contributed by atoms with E-state index < -0.39 is 23.7 Å². The summed E-state index contributed by atoms with van der Waals surface area (Å²) in [6, 6.07) is 27.3. The van der Waals surface area contributed by atoms with Crippen molar-refractivity contribution >= 4 is 17.8 Å². The summed E-state index contributed by atoms with van der Waals surface area (Å²) in [4.78, 5) is 35.2. The van der Waals surface area contributed by atoms with E-state index in [0.717, 1.165) is 37.0 Å². The van der Waals surface area contributed by atoms with Gasteiger partial charge < -0.3 is 29.5 Å². The van der Waals surface area contributed by atoms with Crippen LogP contribution >= 0.6 is 0 Å². The van der Waals surface area contributed by atoms with Gasteiger partial charge >= 0.3 is 12.1 Å². The number of carboxylic acid groups (broad SMARTS) is 1. The zero-order valence-electron chi connectivity index (χ0n) is 24.2. The van der Waals surface area contributed by atoms with Crippen molar-refractivity contribution in [2.24, 2.45) is 5.92 Å². The molecule has 2 atom stereocenters. The summed E-state index contributed by atoms with van der Waals surface area (Å²) in [6.45, 7) is 5.53. The molecule has 2 bridgehead atoms. The topological polar surface area (TPSA) is 116 Å². The van der Waals surface area contributed by atoms with E-state index in [1.165, 1.54) is 0 Å². The lowest BCUT2D eigenvalue weighted by molar-refractivity contribution is -0.946. The smallest absolute Gasteiger partial charge is 0.430 e. The van der Waals surface area contributed by atoms with E-state index >= 15 is 0 Å². The fourth-order valence-electron chi connectivity index (χ4n) is 6.12. The lowest BCUT2D eigenvalue weighted by Gasteiger charge is -2.53. The van der Waals surface area contributed by atoms with Crippen molar-refractivity contribution in [2.45, 2.75) is 43.7 Å². The lowest BCUT2D eigenvalue weighted by atomic mass is 9.82. The summed E-state index contributed by atoms with van der Waals surface area (Å²) in [7, 11) is 0. The molecule has 0 aromatic heterocycles. The molecule has 2 N–H and O–H groups in total. The number of nitrogens with zero attached hydrogens (tertiary/aromatic N) is 1. The van der Waals surface area contributed by atoms with Gasteiger partial charge in [-0.05, 0) is 30.2 Å². The van der Waals surface area contributed by atoms with Crippen LogP contribution in [0.1, 0.15) is 41.3 Å². The van der Waals surface area contributed by atoms with Crippen LogP contribution in [0, 0.1) is 5.92 Å². The summed E-state index contributed by atoms with van der Waals surface area (Å²) in [5, 5.41) is 23.7. The number of benzene rings is 3. The molecule has 0 spiro atoms. The second-order valence-electron chi connectivity index (χ2n) is 11.4. The lowest BCUT2D eigenvalue weighted by Crippen LogP contribution is -2.67. The molecule has 3 fully saturated rings. The number of fused-ring (bicyclic) bond motifs is 3. The Morgan fingerprint density at radius 2 is 1.36 bits per heavy atom. The fraction of sp³-hybridized carbons (Fsp3) is 0.364. The van der Waals surface area contributed by atoms with E-state index in [1.807, 2.05) is 73.7 Å². The Bertz CT molecular complexity index is 1370. The van der Waals surface area contributed by atoms with Crippen LogP contribution in [0.5, 0.6) is 0 Å². The van der Waals surface area contributed by atoms with Gasteiger partial charge in [0.25, 0.3) is 5.91 Å². The van der Waals surface area contributed by atoms with Crippen molar-refractivity contribution < 1.29 is 47.0 Å². The molecule has 234 valence electrons. The molecule has 3 aliphatic heterocycles. The molecule has 11 heteroatoms. The van der Waals surface area contributed by atoms with E-state index in [2.05, 4.69) is 5.32 Å². The van der Waals surface area contributed by atoms with Gasteiger partial charge in [0.2, 0.25) is 5.60 Å². The van der Waals surface area contributed by atoms with Gasteiger partial charge in [0, 0.05) is 24.3 Å². The zero-order valence-corrected chi connectivity index (χ0v) is 24.2. The van der Waals surface area contributed by atoms with E-state index in [1.54, 1.807) is 24.3 Å². The van der Waals surface area contributed by atoms with Crippen molar-refractivity contribution in [3.05, 3.63) is 108 Å². The maximum atomic E-state index is 13.7. The molecule has 0 radical (unpaired) electrons. The third-order valence-electron chi connectivity index (χ3n) is 8.28. The zero-order chi connectivity index (χ0) is 32.0. The number of aliphatic hydroxyl groups is 1. The Morgan fingerprint density at radius 3 is 1.82 bits per heavy atom. The molecular formula is C33H35F3N2O6. The minimum atomic E-state index is -5.19. The molecule has 3 aliphatic rings. The van der Waals surface area contributed by atoms with Gasteiger partial charge in [-0.2, -0.15) is 13.2 Å². The normalized spacial score (nSPS) is 21.8. The van der Waals surface area contributed by atoms with E-state index in [-0.39, 0.29) is 24.0 Å². The van der Waals surface area contributed by atoms with E-state index in [0.29, 0.717) is 23.2 Å². The number of carboxylic acids is 1. The van der Waals surface area contributed by atoms with Crippen molar-refractivity contribution in [3.8, 4) is 0 Å². The first-order valence-corrected chi connectivity index (χ1v) is 14.4. The SMILES string of the molecule is CC(C[N+]12CCC(CC1)[C@@H](OC(=O)C(O)(c1ccccc1)c1ccccc1)C2)NC(=O)c1ccccc1.O=C([O-])C(F)(F)F. The number of aliphatic carboxylic acids is 1. The van der Waals surface area contributed by atoms with E-state index in [4.69, 9.17) is 14.6 Å². The fourth-order valence-corrected chi connectivity index (χ4v) is 6.12. The molecule has 3 saturated heterocycles. The Morgan fingerprint density at radius 1 is 0.909 bits per heavy atom. The first-order valence-electron chi connectivity index (χ1n) is 14.4. The highest BCUT2D eigenvalue weighted by molar-refractivity contribution is 5.94. The predicted molar refractivity (Wildman–Crippen MR) is 153 cm³/mol. The van der Waals surface area contributed by atoms with Gasteiger partial charge in [-0.3, -0.25) is 4.79 Å². The maximum Gasteiger partial charge on any atom is 0.430 e. The van der Waals surface area contributed by atoms with Crippen molar-refractivity contribution in [1.29, 1.82) is 0 Å². The minimum Gasteiger partial charge on any atom is -0.542 e. The van der Waals surface area contributed by atoms with Crippen molar-refractivity contribution in [1.82, 2.24) is 5.32 Å². The van der Waals surface area contributed by atoms with Gasteiger partial charge in [0.15, 0.2) is 6.10 Å². The summed E-state index contributed by atoms with van der Waals surface area (Å²) in [5.74, 6) is -3.43. The first-order chi connectivity index (χ1) is 20.8. The number of rotatable bonds is 8. The van der Waals surface area contributed by atoms with Gasteiger partial charge in [0.05, 0.1) is 25.7 Å². The summed E-state index contributed by atoms with van der Waals surface area (Å²) < 4.78 is 38.5. The summed E-state index contributed by atoms with van der Waals surface area (Å²) in [6.07, 6.45) is -3.54. The number of nitrogens with one attached hydrogen (secondary N) is 1. The number of hydrogen-bond acceptors (Lipinski definition) is 6. The Kier molecular flexibility index (Phi) is 10.1. The van der Waals surface area contributed by atoms with Crippen molar-refractivity contribution in [2.75, 3.05) is 26.2 Å². The molecule has 3 heterocycles. The van der Waals surface area contributed by atoms with Gasteiger partial charge in [-0.15, -0.1) is 0 Å².